The minimum absolute atomic E-state index is 0.447. The van der Waals surface area contributed by atoms with E-state index in [1.54, 1.807) is 20.8 Å². The van der Waals surface area contributed by atoms with E-state index in [-0.39, 0.29) is 0 Å². The Labute approximate surface area is 115 Å². The molecular formula is C12H19F3O5. The number of carbonyl (C=O) groups excluding carboxylic acids is 1. The number of aliphatic hydroxyl groups is 1. The van der Waals surface area contributed by atoms with Gasteiger partial charge in [0.25, 0.3) is 0 Å². The maximum atomic E-state index is 13.9. The molecule has 5 nitrogen and oxygen atoms in total. The average molecular weight is 300 g/mol. The highest BCUT2D eigenvalue weighted by Gasteiger charge is 2.70. The van der Waals surface area contributed by atoms with Gasteiger partial charge in [-0.05, 0) is 27.2 Å². The van der Waals surface area contributed by atoms with Gasteiger partial charge in [-0.1, -0.05) is 6.92 Å². The Bertz CT molecular complexity index is 383. The first-order valence-corrected chi connectivity index (χ1v) is 6.14. The van der Waals surface area contributed by atoms with Crippen LogP contribution in [0.2, 0.25) is 0 Å². The second-order valence-corrected chi connectivity index (χ2v) is 5.59. The number of esters is 1. The van der Waals surface area contributed by atoms with E-state index in [4.69, 9.17) is 9.47 Å². The number of ether oxygens (including phenoxy) is 3. The van der Waals surface area contributed by atoms with Gasteiger partial charge in [-0.25, -0.2) is 0 Å². The summed E-state index contributed by atoms with van der Waals surface area (Å²) in [5.41, 5.74) is -3.27. The molecule has 2 atom stereocenters. The molecule has 0 bridgehead atoms. The quantitative estimate of drug-likeness (QED) is 0.804. The van der Waals surface area contributed by atoms with Gasteiger partial charge < -0.3 is 14.6 Å². The van der Waals surface area contributed by atoms with E-state index >= 15 is 0 Å². The molecule has 0 amide bonds. The standard InChI is InChI=1S/C12H19F3O5/c1-5-9(2,3)8(16)18-6-10(4)11(13,17)12(14,15)20-7-19-10/h17H,5-7H2,1-4H3. The highest BCUT2D eigenvalue weighted by Crippen LogP contribution is 2.45. The fraction of sp³-hybridized carbons (Fsp3) is 0.917. The molecule has 1 heterocycles. The lowest BCUT2D eigenvalue weighted by atomic mass is 9.90. The van der Waals surface area contributed by atoms with Crippen molar-refractivity contribution in [2.45, 2.75) is 51.7 Å². The zero-order valence-electron chi connectivity index (χ0n) is 11.8. The van der Waals surface area contributed by atoms with Crippen molar-refractivity contribution in [2.24, 2.45) is 5.41 Å². The largest absolute Gasteiger partial charge is 0.462 e. The van der Waals surface area contributed by atoms with Crippen molar-refractivity contribution in [1.29, 1.82) is 0 Å². The fourth-order valence-electron chi connectivity index (χ4n) is 1.41. The zero-order valence-corrected chi connectivity index (χ0v) is 11.8. The number of alkyl halides is 3. The third-order valence-corrected chi connectivity index (χ3v) is 3.62. The van der Waals surface area contributed by atoms with Gasteiger partial charge in [0.05, 0.1) is 5.41 Å². The Morgan fingerprint density at radius 3 is 2.40 bits per heavy atom. The van der Waals surface area contributed by atoms with E-state index in [1.165, 1.54) is 0 Å². The third kappa shape index (κ3) is 2.77. The Morgan fingerprint density at radius 2 is 1.90 bits per heavy atom. The molecule has 1 aliphatic heterocycles. The molecule has 1 aliphatic rings. The molecule has 118 valence electrons. The molecule has 0 saturated carbocycles. The predicted octanol–water partition coefficient (Wildman–Crippen LogP) is 1.98. The van der Waals surface area contributed by atoms with Crippen LogP contribution >= 0.6 is 0 Å². The topological polar surface area (TPSA) is 65.0 Å². The Kier molecular flexibility index (Phi) is 4.43. The number of hydrogen-bond acceptors (Lipinski definition) is 5. The maximum absolute atomic E-state index is 13.9. The van der Waals surface area contributed by atoms with Gasteiger partial charge in [0.1, 0.15) is 6.61 Å². The first-order chi connectivity index (χ1) is 8.90. The van der Waals surface area contributed by atoms with Crippen LogP contribution in [0.15, 0.2) is 0 Å². The number of carbonyl (C=O) groups is 1. The number of hydrogen-bond donors (Lipinski definition) is 1. The molecule has 0 aromatic heterocycles. The highest BCUT2D eigenvalue weighted by molar-refractivity contribution is 5.75. The SMILES string of the molecule is CCC(C)(C)C(=O)OCC1(C)OCOC(F)(F)C1(O)F. The van der Waals surface area contributed by atoms with Crippen LogP contribution in [0.25, 0.3) is 0 Å². The zero-order chi connectivity index (χ0) is 15.8. The fourth-order valence-corrected chi connectivity index (χ4v) is 1.41. The van der Waals surface area contributed by atoms with Crippen LogP contribution in [0.3, 0.4) is 0 Å². The molecular weight excluding hydrogens is 281 g/mol. The van der Waals surface area contributed by atoms with Crippen LogP contribution in [0.4, 0.5) is 13.2 Å². The van der Waals surface area contributed by atoms with Gasteiger partial charge in [0, 0.05) is 0 Å². The molecule has 0 aromatic carbocycles. The van der Waals surface area contributed by atoms with Gasteiger partial charge in [-0.2, -0.15) is 13.2 Å². The van der Waals surface area contributed by atoms with Crippen molar-refractivity contribution in [3.63, 3.8) is 0 Å². The molecule has 1 rings (SSSR count). The van der Waals surface area contributed by atoms with E-state index in [1.807, 2.05) is 0 Å². The first-order valence-electron chi connectivity index (χ1n) is 6.14. The minimum Gasteiger partial charge on any atom is -0.462 e. The van der Waals surface area contributed by atoms with Gasteiger partial charge in [-0.15, -0.1) is 0 Å². The van der Waals surface area contributed by atoms with E-state index in [9.17, 15) is 23.1 Å². The van der Waals surface area contributed by atoms with Crippen molar-refractivity contribution in [2.75, 3.05) is 13.4 Å². The Hall–Kier alpha value is -0.860. The summed E-state index contributed by atoms with van der Waals surface area (Å²) in [6, 6.07) is 0. The second-order valence-electron chi connectivity index (χ2n) is 5.59. The molecule has 8 heteroatoms. The molecule has 1 saturated heterocycles. The second kappa shape index (κ2) is 5.16. The van der Waals surface area contributed by atoms with Crippen LogP contribution in [0.1, 0.15) is 34.1 Å². The molecule has 2 unspecified atom stereocenters. The molecule has 20 heavy (non-hydrogen) atoms. The van der Waals surface area contributed by atoms with Crippen molar-refractivity contribution in [3.8, 4) is 0 Å². The van der Waals surface area contributed by atoms with Gasteiger partial charge in [-0.3, -0.25) is 9.53 Å². The van der Waals surface area contributed by atoms with Crippen LogP contribution in [0, 0.1) is 5.41 Å². The summed E-state index contributed by atoms with van der Waals surface area (Å²) < 4.78 is 53.6. The van der Waals surface area contributed by atoms with Gasteiger partial charge >= 0.3 is 17.9 Å². The van der Waals surface area contributed by atoms with Crippen molar-refractivity contribution in [1.82, 2.24) is 0 Å². The first kappa shape index (κ1) is 17.2. The van der Waals surface area contributed by atoms with E-state index in [2.05, 4.69) is 4.74 Å². The van der Waals surface area contributed by atoms with Crippen molar-refractivity contribution in [3.05, 3.63) is 0 Å². The third-order valence-electron chi connectivity index (χ3n) is 3.62. The summed E-state index contributed by atoms with van der Waals surface area (Å²) in [5, 5.41) is 9.34. The summed E-state index contributed by atoms with van der Waals surface area (Å²) in [5.74, 6) is -4.81. The monoisotopic (exact) mass is 300 g/mol. The summed E-state index contributed by atoms with van der Waals surface area (Å²) in [4.78, 5) is 11.8. The lowest BCUT2D eigenvalue weighted by Gasteiger charge is -2.45. The lowest BCUT2D eigenvalue weighted by molar-refractivity contribution is -0.476. The maximum Gasteiger partial charge on any atom is 0.419 e. The average Bonchev–Trinajstić information content (AvgIpc) is 2.33. The summed E-state index contributed by atoms with van der Waals surface area (Å²) in [6.07, 6.45) is -4.00. The summed E-state index contributed by atoms with van der Waals surface area (Å²) in [6.45, 7) is 4.03. The van der Waals surface area contributed by atoms with Gasteiger partial charge in [0.15, 0.2) is 12.4 Å². The highest BCUT2D eigenvalue weighted by atomic mass is 19.3. The molecule has 0 aliphatic carbocycles. The normalized spacial score (nSPS) is 33.8. The predicted molar refractivity (Wildman–Crippen MR) is 61.5 cm³/mol. The minimum atomic E-state index is -4.45. The smallest absolute Gasteiger partial charge is 0.419 e. The van der Waals surface area contributed by atoms with Crippen molar-refractivity contribution >= 4 is 5.97 Å². The van der Waals surface area contributed by atoms with E-state index < -0.39 is 42.3 Å². The molecule has 1 fully saturated rings. The van der Waals surface area contributed by atoms with E-state index in [0.29, 0.717) is 6.42 Å². The molecule has 0 spiro atoms. The summed E-state index contributed by atoms with van der Waals surface area (Å²) >= 11 is 0. The molecule has 0 radical (unpaired) electrons. The van der Waals surface area contributed by atoms with E-state index in [0.717, 1.165) is 6.92 Å². The summed E-state index contributed by atoms with van der Waals surface area (Å²) in [7, 11) is 0. The van der Waals surface area contributed by atoms with Crippen LogP contribution in [0.5, 0.6) is 0 Å². The van der Waals surface area contributed by atoms with Crippen LogP contribution in [-0.4, -0.2) is 42.0 Å². The molecule has 0 aromatic rings. The Morgan fingerprint density at radius 1 is 1.35 bits per heavy atom. The van der Waals surface area contributed by atoms with Gasteiger partial charge in [0.2, 0.25) is 0 Å². The Balaban J connectivity index is 2.83. The number of rotatable bonds is 4. The van der Waals surface area contributed by atoms with Crippen LogP contribution in [-0.2, 0) is 19.0 Å². The number of halogens is 3. The van der Waals surface area contributed by atoms with Crippen molar-refractivity contribution < 1.29 is 37.3 Å². The molecule has 1 N–H and O–H groups in total. The lowest BCUT2D eigenvalue weighted by Crippen LogP contribution is -2.68. The van der Waals surface area contributed by atoms with Crippen LogP contribution < -0.4 is 0 Å².